The highest BCUT2D eigenvalue weighted by atomic mass is 79.9. The van der Waals surface area contributed by atoms with Crippen LogP contribution in [0.1, 0.15) is 11.3 Å². The number of halogens is 1. The summed E-state index contributed by atoms with van der Waals surface area (Å²) in [5.41, 5.74) is 1.59. The molecule has 178 valence electrons. The molecule has 1 aliphatic rings. The van der Waals surface area contributed by atoms with E-state index in [1.54, 1.807) is 42.8 Å². The van der Waals surface area contributed by atoms with Gasteiger partial charge in [0.05, 0.1) is 11.8 Å². The second kappa shape index (κ2) is 9.58. The number of hydrogen-bond donors (Lipinski definition) is 0. The zero-order valence-electron chi connectivity index (χ0n) is 18.9. The summed E-state index contributed by atoms with van der Waals surface area (Å²) in [6.45, 7) is 4.84. The Kier molecular flexibility index (Phi) is 6.52. The molecule has 1 saturated heterocycles. The average Bonchev–Trinajstić information content (AvgIpc) is 3.48. The Hall–Kier alpha value is -2.59. The molecule has 0 amide bonds. The molecule has 9 heteroatoms. The molecule has 0 atom stereocenters. The lowest BCUT2D eigenvalue weighted by molar-refractivity contribution is 0.148. The minimum atomic E-state index is -3.80. The summed E-state index contributed by atoms with van der Waals surface area (Å²) in [6, 6.07) is 16.1. The predicted molar refractivity (Wildman–Crippen MR) is 134 cm³/mol. The fourth-order valence-electron chi connectivity index (χ4n) is 4.22. The van der Waals surface area contributed by atoms with E-state index in [1.807, 2.05) is 24.3 Å². The van der Waals surface area contributed by atoms with Gasteiger partial charge in [-0.2, -0.15) is 0 Å². The van der Waals surface area contributed by atoms with E-state index in [2.05, 4.69) is 32.8 Å². The van der Waals surface area contributed by atoms with Crippen molar-refractivity contribution in [1.82, 2.24) is 13.8 Å². The average molecular weight is 544 g/mol. The van der Waals surface area contributed by atoms with Gasteiger partial charge in [0.1, 0.15) is 23.0 Å². The molecule has 5 rings (SSSR count). The molecule has 34 heavy (non-hydrogen) atoms. The molecule has 3 heterocycles. The number of benzene rings is 2. The van der Waals surface area contributed by atoms with Crippen LogP contribution in [-0.4, -0.2) is 55.4 Å². The molecule has 1 fully saturated rings. The molecular formula is C25H26BrN3O4S. The Bertz CT molecular complexity index is 1390. The van der Waals surface area contributed by atoms with Gasteiger partial charge in [0, 0.05) is 48.8 Å². The van der Waals surface area contributed by atoms with E-state index in [1.165, 1.54) is 3.97 Å². The number of aromatic nitrogens is 1. The Labute approximate surface area is 207 Å². The van der Waals surface area contributed by atoms with Gasteiger partial charge < -0.3 is 14.1 Å². The minimum absolute atomic E-state index is 0.233. The molecule has 0 saturated carbocycles. The summed E-state index contributed by atoms with van der Waals surface area (Å²) in [4.78, 5) is 4.90. The standard InChI is InChI=1S/C25H26BrN3O4S/c1-27-10-12-28(13-11-27)16-19-17-29(34(30,31)25-7-3-2-6-23(25)26)24-9-8-20(15-22(19)24)33-18-21-5-4-14-32-21/h2-9,14-15,17H,10-13,16,18H2,1H3. The third-order valence-corrected chi connectivity index (χ3v) is 8.83. The van der Waals surface area contributed by atoms with Crippen LogP contribution < -0.4 is 4.74 Å². The van der Waals surface area contributed by atoms with Gasteiger partial charge in [0.25, 0.3) is 10.0 Å². The maximum Gasteiger partial charge on any atom is 0.269 e. The summed E-state index contributed by atoms with van der Waals surface area (Å²) in [6.07, 6.45) is 3.37. The van der Waals surface area contributed by atoms with E-state index in [0.717, 1.165) is 42.9 Å². The van der Waals surface area contributed by atoms with Crippen molar-refractivity contribution >= 4 is 36.9 Å². The van der Waals surface area contributed by atoms with Gasteiger partial charge in [-0.25, -0.2) is 12.4 Å². The Morgan fingerprint density at radius 1 is 1.03 bits per heavy atom. The van der Waals surface area contributed by atoms with Crippen molar-refractivity contribution in [3.8, 4) is 5.75 Å². The number of fused-ring (bicyclic) bond motifs is 1. The zero-order valence-corrected chi connectivity index (χ0v) is 21.3. The van der Waals surface area contributed by atoms with Crippen molar-refractivity contribution in [2.45, 2.75) is 18.0 Å². The van der Waals surface area contributed by atoms with Crippen molar-refractivity contribution in [1.29, 1.82) is 0 Å². The molecule has 0 spiro atoms. The van der Waals surface area contributed by atoms with Crippen LogP contribution in [0.2, 0.25) is 0 Å². The molecule has 2 aromatic heterocycles. The summed E-state index contributed by atoms with van der Waals surface area (Å²) in [7, 11) is -1.68. The molecule has 2 aromatic carbocycles. The highest BCUT2D eigenvalue weighted by Crippen LogP contribution is 2.32. The molecular weight excluding hydrogens is 518 g/mol. The van der Waals surface area contributed by atoms with E-state index in [-0.39, 0.29) is 4.90 Å². The normalized spacial score (nSPS) is 15.7. The van der Waals surface area contributed by atoms with Gasteiger partial charge in [-0.15, -0.1) is 0 Å². The molecule has 0 aliphatic carbocycles. The van der Waals surface area contributed by atoms with Gasteiger partial charge in [0.2, 0.25) is 0 Å². The number of hydrogen-bond acceptors (Lipinski definition) is 6. The van der Waals surface area contributed by atoms with Crippen LogP contribution in [0.15, 0.2) is 80.8 Å². The third kappa shape index (κ3) is 4.65. The Morgan fingerprint density at radius 3 is 2.56 bits per heavy atom. The summed E-state index contributed by atoms with van der Waals surface area (Å²) in [5.74, 6) is 1.39. The Balaban J connectivity index is 1.55. The summed E-state index contributed by atoms with van der Waals surface area (Å²) in [5, 5.41) is 0.867. The lowest BCUT2D eigenvalue weighted by Gasteiger charge is -2.32. The van der Waals surface area contributed by atoms with Crippen LogP contribution in [0.5, 0.6) is 5.75 Å². The number of ether oxygens (including phenoxy) is 1. The van der Waals surface area contributed by atoms with Crippen molar-refractivity contribution in [2.75, 3.05) is 33.2 Å². The van der Waals surface area contributed by atoms with E-state index in [4.69, 9.17) is 9.15 Å². The molecule has 4 aromatic rings. The van der Waals surface area contributed by atoms with Crippen molar-refractivity contribution < 1.29 is 17.6 Å². The zero-order chi connectivity index (χ0) is 23.7. The molecule has 0 bridgehead atoms. The van der Waals surface area contributed by atoms with Gasteiger partial charge in [0.15, 0.2) is 0 Å². The molecule has 0 radical (unpaired) electrons. The van der Waals surface area contributed by atoms with Gasteiger partial charge in [-0.05, 0) is 71.0 Å². The van der Waals surface area contributed by atoms with E-state index >= 15 is 0 Å². The highest BCUT2D eigenvalue weighted by molar-refractivity contribution is 9.10. The van der Waals surface area contributed by atoms with Crippen LogP contribution in [0, 0.1) is 0 Å². The largest absolute Gasteiger partial charge is 0.486 e. The van der Waals surface area contributed by atoms with Gasteiger partial charge >= 0.3 is 0 Å². The first-order valence-electron chi connectivity index (χ1n) is 11.1. The van der Waals surface area contributed by atoms with E-state index < -0.39 is 10.0 Å². The molecule has 7 nitrogen and oxygen atoms in total. The summed E-state index contributed by atoms with van der Waals surface area (Å²) < 4.78 is 40.5. The van der Waals surface area contributed by atoms with Gasteiger partial charge in [-0.3, -0.25) is 4.90 Å². The number of rotatable bonds is 7. The van der Waals surface area contributed by atoms with E-state index in [9.17, 15) is 8.42 Å². The summed E-state index contributed by atoms with van der Waals surface area (Å²) >= 11 is 3.40. The first kappa shape index (κ1) is 23.2. The van der Waals surface area contributed by atoms with Crippen molar-refractivity contribution in [2.24, 2.45) is 0 Å². The van der Waals surface area contributed by atoms with Crippen LogP contribution in [0.3, 0.4) is 0 Å². The van der Waals surface area contributed by atoms with Crippen molar-refractivity contribution in [3.05, 3.63) is 82.9 Å². The molecule has 0 unspecified atom stereocenters. The SMILES string of the molecule is CN1CCN(Cc2cn(S(=O)(=O)c3ccccc3Br)c3ccc(OCc4ccco4)cc23)CC1. The Morgan fingerprint density at radius 2 is 1.82 bits per heavy atom. The number of furan rings is 1. The highest BCUT2D eigenvalue weighted by Gasteiger charge is 2.25. The van der Waals surface area contributed by atoms with Crippen LogP contribution in [0.4, 0.5) is 0 Å². The molecule has 0 N–H and O–H groups in total. The van der Waals surface area contributed by atoms with E-state index in [0.29, 0.717) is 28.9 Å². The third-order valence-electron chi connectivity index (χ3n) is 6.15. The first-order valence-corrected chi connectivity index (χ1v) is 13.4. The van der Waals surface area contributed by atoms with Crippen molar-refractivity contribution in [3.63, 3.8) is 0 Å². The topological polar surface area (TPSA) is 67.9 Å². The van der Waals surface area contributed by atoms with Crippen LogP contribution in [0.25, 0.3) is 10.9 Å². The lowest BCUT2D eigenvalue weighted by Crippen LogP contribution is -2.43. The quantitative estimate of drug-likeness (QED) is 0.340. The lowest BCUT2D eigenvalue weighted by atomic mass is 10.1. The van der Waals surface area contributed by atoms with Gasteiger partial charge in [-0.1, -0.05) is 12.1 Å². The number of likely N-dealkylation sites (N-methyl/N-ethyl adjacent to an activating group) is 1. The second-order valence-corrected chi connectivity index (χ2v) is 11.1. The fourth-order valence-corrected chi connectivity index (χ4v) is 6.58. The first-order chi connectivity index (χ1) is 16.4. The monoisotopic (exact) mass is 543 g/mol. The fraction of sp³-hybridized carbons (Fsp3) is 0.280. The maximum absolute atomic E-state index is 13.7. The number of piperazine rings is 1. The second-order valence-electron chi connectivity index (χ2n) is 8.51. The maximum atomic E-state index is 13.7. The smallest absolute Gasteiger partial charge is 0.269 e. The number of nitrogens with zero attached hydrogens (tertiary/aromatic N) is 3. The van der Waals surface area contributed by atoms with Crippen LogP contribution >= 0.6 is 15.9 Å². The molecule has 1 aliphatic heterocycles. The predicted octanol–water partition coefficient (Wildman–Crippen LogP) is 4.56. The minimum Gasteiger partial charge on any atom is -0.486 e. The van der Waals surface area contributed by atoms with Crippen LogP contribution in [-0.2, 0) is 23.2 Å².